The van der Waals surface area contributed by atoms with Crippen LogP contribution in [-0.4, -0.2) is 29.0 Å². The predicted octanol–water partition coefficient (Wildman–Crippen LogP) is 4.64. The van der Waals surface area contributed by atoms with E-state index in [4.69, 9.17) is 16.3 Å². The molecule has 2 saturated heterocycles. The first-order valence-corrected chi connectivity index (χ1v) is 12.1. The van der Waals surface area contributed by atoms with Gasteiger partial charge in [-0.15, -0.1) is 0 Å². The van der Waals surface area contributed by atoms with Crippen molar-refractivity contribution in [3.8, 4) is 0 Å². The molecule has 3 aromatic rings. The van der Waals surface area contributed by atoms with Crippen molar-refractivity contribution in [2.24, 2.45) is 11.8 Å². The number of fused-ring (bicyclic) bond motifs is 3. The molecular weight excluding hydrogens is 569 g/mol. The van der Waals surface area contributed by atoms with Crippen LogP contribution in [-0.2, 0) is 14.3 Å². The molecule has 1 spiro atoms. The lowest BCUT2D eigenvalue weighted by atomic mass is 9.77. The first kappa shape index (κ1) is 21.6. The third-order valence-corrected chi connectivity index (χ3v) is 7.77. The molecule has 0 N–H and O–H groups in total. The van der Waals surface area contributed by atoms with E-state index >= 15 is 0 Å². The van der Waals surface area contributed by atoms with Crippen molar-refractivity contribution in [3.63, 3.8) is 0 Å². The van der Waals surface area contributed by atoms with Gasteiger partial charge in [-0.05, 0) is 64.6 Å². The van der Waals surface area contributed by atoms with Crippen molar-refractivity contribution in [1.82, 2.24) is 0 Å². The summed E-state index contributed by atoms with van der Waals surface area (Å²) in [6, 6.07) is 20.0. The molecule has 34 heavy (non-hydrogen) atoms. The lowest BCUT2D eigenvalue weighted by Gasteiger charge is -2.27. The highest BCUT2D eigenvalue weighted by Gasteiger charge is 2.74. The van der Waals surface area contributed by atoms with Crippen molar-refractivity contribution in [3.05, 3.63) is 98.1 Å². The van der Waals surface area contributed by atoms with E-state index in [9.17, 15) is 19.2 Å². The number of nitrogens with zero attached hydrogens (tertiary/aromatic N) is 1. The molecule has 2 fully saturated rings. The maximum absolute atomic E-state index is 13.8. The van der Waals surface area contributed by atoms with E-state index in [2.05, 4.69) is 22.6 Å². The Morgan fingerprint density at radius 3 is 1.97 bits per heavy atom. The zero-order valence-electron chi connectivity index (χ0n) is 17.4. The van der Waals surface area contributed by atoms with Crippen LogP contribution in [0.4, 0.5) is 5.69 Å². The quantitative estimate of drug-likeness (QED) is 0.250. The van der Waals surface area contributed by atoms with Gasteiger partial charge in [-0.25, -0.2) is 4.90 Å². The summed E-state index contributed by atoms with van der Waals surface area (Å²) in [5, 5.41) is 0.489. The largest absolute Gasteiger partial charge is 0.349 e. The van der Waals surface area contributed by atoms with Crippen LogP contribution in [0.2, 0.25) is 5.02 Å². The molecule has 0 aromatic heterocycles. The number of amides is 2. The number of ether oxygens (including phenoxy) is 1. The monoisotopic (exact) mass is 583 g/mol. The van der Waals surface area contributed by atoms with Crippen molar-refractivity contribution in [2.45, 2.75) is 11.7 Å². The predicted molar refractivity (Wildman–Crippen MR) is 132 cm³/mol. The minimum Gasteiger partial charge on any atom is -0.349 e. The standard InChI is InChI=1S/C26H15ClINO5/c27-14-7-5-13(6-8-14)21-19-20(25(33)29(24(19)32)16-11-9-15(28)10-12-16)26(34-21)22(30)17-3-1-2-4-18(17)23(26)31/h1-12,19-21H/t19-,20-,21-/m0/s1. The maximum Gasteiger partial charge on any atom is 0.241 e. The zero-order chi connectivity index (χ0) is 23.8. The van der Waals surface area contributed by atoms with Gasteiger partial charge in [0.05, 0.1) is 23.6 Å². The third-order valence-electron chi connectivity index (χ3n) is 6.80. The fourth-order valence-corrected chi connectivity index (χ4v) is 5.80. The second-order valence-electron chi connectivity index (χ2n) is 8.52. The fraction of sp³-hybridized carbons (Fsp3) is 0.154. The molecule has 8 heteroatoms. The molecule has 2 heterocycles. The average molecular weight is 584 g/mol. The van der Waals surface area contributed by atoms with Crippen LogP contribution in [0.3, 0.4) is 0 Å². The number of benzene rings is 3. The van der Waals surface area contributed by atoms with Crippen molar-refractivity contribution < 1.29 is 23.9 Å². The molecule has 168 valence electrons. The average Bonchev–Trinajstić information content (AvgIpc) is 3.40. The number of halogens is 2. The molecule has 3 aromatic carbocycles. The molecule has 1 aliphatic carbocycles. The van der Waals surface area contributed by atoms with Crippen molar-refractivity contribution >= 4 is 63.3 Å². The van der Waals surface area contributed by atoms with E-state index in [1.165, 1.54) is 0 Å². The van der Waals surface area contributed by atoms with Crippen LogP contribution >= 0.6 is 34.2 Å². The van der Waals surface area contributed by atoms with E-state index < -0.39 is 46.9 Å². The molecular formula is C26H15ClINO5. The van der Waals surface area contributed by atoms with Gasteiger partial charge in [-0.2, -0.15) is 0 Å². The Balaban J connectivity index is 1.54. The minimum absolute atomic E-state index is 0.205. The molecule has 0 unspecified atom stereocenters. The van der Waals surface area contributed by atoms with E-state index in [1.54, 1.807) is 72.8 Å². The number of ketones is 2. The summed E-state index contributed by atoms with van der Waals surface area (Å²) >= 11 is 8.18. The number of rotatable bonds is 2. The Morgan fingerprint density at radius 1 is 0.794 bits per heavy atom. The molecule has 3 atom stereocenters. The van der Waals surface area contributed by atoms with Crippen LogP contribution in [0, 0.1) is 15.4 Å². The first-order valence-electron chi connectivity index (χ1n) is 10.6. The second kappa shape index (κ2) is 7.56. The van der Waals surface area contributed by atoms with Crippen molar-refractivity contribution in [1.29, 1.82) is 0 Å². The topological polar surface area (TPSA) is 80.8 Å². The van der Waals surface area contributed by atoms with Gasteiger partial charge in [0.25, 0.3) is 0 Å². The van der Waals surface area contributed by atoms with Gasteiger partial charge in [-0.1, -0.05) is 48.0 Å². The van der Waals surface area contributed by atoms with E-state index in [0.717, 1.165) is 8.47 Å². The number of Topliss-reactive ketones (excluding diaryl/α,β-unsaturated/α-hetero) is 2. The molecule has 3 aliphatic rings. The molecule has 2 amide bonds. The number of hydrogen-bond acceptors (Lipinski definition) is 5. The summed E-state index contributed by atoms with van der Waals surface area (Å²) in [5.41, 5.74) is -0.709. The minimum atomic E-state index is -2.08. The fourth-order valence-electron chi connectivity index (χ4n) is 5.32. The number of carbonyl (C=O) groups is 4. The Labute approximate surface area is 213 Å². The molecule has 6 rings (SSSR count). The summed E-state index contributed by atoms with van der Waals surface area (Å²) in [4.78, 5) is 56.0. The Kier molecular flexibility index (Phi) is 4.81. The summed E-state index contributed by atoms with van der Waals surface area (Å²) in [7, 11) is 0. The van der Waals surface area contributed by atoms with Gasteiger partial charge >= 0.3 is 0 Å². The maximum atomic E-state index is 13.8. The lowest BCUT2D eigenvalue weighted by Crippen LogP contribution is -2.51. The smallest absolute Gasteiger partial charge is 0.241 e. The van der Waals surface area contributed by atoms with Gasteiger partial charge in [0.15, 0.2) is 0 Å². The summed E-state index contributed by atoms with van der Waals surface area (Å²) < 4.78 is 7.18. The van der Waals surface area contributed by atoms with Gasteiger partial charge < -0.3 is 4.74 Å². The normalized spacial score (nSPS) is 24.8. The molecule has 6 nitrogen and oxygen atoms in total. The van der Waals surface area contributed by atoms with Crippen LogP contribution in [0.15, 0.2) is 72.8 Å². The lowest BCUT2D eigenvalue weighted by molar-refractivity contribution is -0.127. The number of anilines is 1. The van der Waals surface area contributed by atoms with Crippen molar-refractivity contribution in [2.75, 3.05) is 4.90 Å². The number of carbonyl (C=O) groups excluding carboxylic acids is 4. The number of hydrogen-bond donors (Lipinski definition) is 0. The van der Waals surface area contributed by atoms with Gasteiger partial charge in [0, 0.05) is 19.7 Å². The van der Waals surface area contributed by atoms with E-state index in [0.29, 0.717) is 16.3 Å². The highest BCUT2D eigenvalue weighted by atomic mass is 127. The Hall–Kier alpha value is -2.88. The summed E-state index contributed by atoms with van der Waals surface area (Å²) in [5.74, 6) is -4.57. The van der Waals surface area contributed by atoms with Gasteiger partial charge in [0.1, 0.15) is 0 Å². The molecule has 0 radical (unpaired) electrons. The molecule has 0 bridgehead atoms. The second-order valence-corrected chi connectivity index (χ2v) is 10.2. The highest BCUT2D eigenvalue weighted by molar-refractivity contribution is 14.1. The van der Waals surface area contributed by atoms with E-state index in [-0.39, 0.29) is 11.1 Å². The Bertz CT molecular complexity index is 1370. The van der Waals surface area contributed by atoms with Gasteiger partial charge in [-0.3, -0.25) is 19.2 Å². The summed E-state index contributed by atoms with van der Waals surface area (Å²) in [6.45, 7) is 0. The molecule has 2 aliphatic heterocycles. The highest BCUT2D eigenvalue weighted by Crippen LogP contribution is 2.57. The number of imide groups is 1. The van der Waals surface area contributed by atoms with E-state index in [1.807, 2.05) is 0 Å². The first-order chi connectivity index (χ1) is 16.3. The van der Waals surface area contributed by atoms with Crippen LogP contribution in [0.1, 0.15) is 32.4 Å². The molecule has 0 saturated carbocycles. The Morgan fingerprint density at radius 2 is 1.38 bits per heavy atom. The van der Waals surface area contributed by atoms with Gasteiger partial charge in [0.2, 0.25) is 29.0 Å². The third kappa shape index (κ3) is 2.77. The zero-order valence-corrected chi connectivity index (χ0v) is 20.3. The van der Waals surface area contributed by atoms with Crippen LogP contribution in [0.25, 0.3) is 0 Å². The van der Waals surface area contributed by atoms with Crippen LogP contribution in [0.5, 0.6) is 0 Å². The van der Waals surface area contributed by atoms with Crippen LogP contribution < -0.4 is 4.90 Å². The SMILES string of the molecule is O=C1[C@H]2[C@@H](C(=O)N1c1ccc(I)cc1)C1(O[C@H]2c2ccc(Cl)cc2)C(=O)c2ccccc2C1=O. The summed E-state index contributed by atoms with van der Waals surface area (Å²) in [6.07, 6.45) is -0.963.